The molecule has 0 aliphatic heterocycles. The predicted octanol–water partition coefficient (Wildman–Crippen LogP) is 1.23. The molecule has 0 spiro atoms. The summed E-state index contributed by atoms with van der Waals surface area (Å²) in [5.74, 6) is 0. The van der Waals surface area contributed by atoms with Crippen molar-refractivity contribution in [3.05, 3.63) is 24.5 Å². The maximum Gasteiger partial charge on any atom is 0.406 e. The third-order valence-electron chi connectivity index (χ3n) is 1.71. The zero-order valence-corrected chi connectivity index (χ0v) is 7.69. The average molecular weight is 182 g/mol. The molecule has 0 radical (unpaired) electrons. The molecule has 1 amide bonds. The molecule has 0 aliphatic rings. The lowest BCUT2D eigenvalue weighted by Crippen LogP contribution is -2.24. The zero-order valence-electron chi connectivity index (χ0n) is 7.69. The number of ether oxygens (including phenoxy) is 1. The van der Waals surface area contributed by atoms with E-state index in [2.05, 4.69) is 14.6 Å². The van der Waals surface area contributed by atoms with Gasteiger partial charge in [-0.25, -0.2) is 4.79 Å². The average Bonchev–Trinajstić information content (AvgIpc) is 2.64. The van der Waals surface area contributed by atoms with E-state index in [4.69, 9.17) is 0 Å². The Labute approximate surface area is 77.5 Å². The van der Waals surface area contributed by atoms with E-state index in [0.29, 0.717) is 6.54 Å². The molecule has 4 heteroatoms. The fourth-order valence-electron chi connectivity index (χ4n) is 1.04. The highest BCUT2D eigenvalue weighted by Crippen LogP contribution is 1.91. The van der Waals surface area contributed by atoms with Crippen molar-refractivity contribution >= 4 is 6.09 Å². The molecule has 1 rings (SSSR count). The first-order valence-electron chi connectivity index (χ1n) is 4.25. The molecule has 0 unspecified atom stereocenters. The summed E-state index contributed by atoms with van der Waals surface area (Å²) in [5.41, 5.74) is 0. The SMILES string of the molecule is COC(=O)NCCCn1cccc1. The van der Waals surface area contributed by atoms with E-state index in [9.17, 15) is 4.79 Å². The Hall–Kier alpha value is -1.45. The largest absolute Gasteiger partial charge is 0.453 e. The van der Waals surface area contributed by atoms with E-state index in [-0.39, 0.29) is 6.09 Å². The maximum atomic E-state index is 10.6. The highest BCUT2D eigenvalue weighted by molar-refractivity contribution is 5.66. The minimum Gasteiger partial charge on any atom is -0.453 e. The summed E-state index contributed by atoms with van der Waals surface area (Å²) < 4.78 is 6.50. The molecule has 4 nitrogen and oxygen atoms in total. The van der Waals surface area contributed by atoms with Gasteiger partial charge in [-0.3, -0.25) is 0 Å². The van der Waals surface area contributed by atoms with Gasteiger partial charge in [0, 0.05) is 25.5 Å². The van der Waals surface area contributed by atoms with Crippen LogP contribution in [0.3, 0.4) is 0 Å². The van der Waals surface area contributed by atoms with Crippen LogP contribution in [0, 0.1) is 0 Å². The Balaban J connectivity index is 2.05. The van der Waals surface area contributed by atoms with Crippen LogP contribution < -0.4 is 5.32 Å². The van der Waals surface area contributed by atoms with Crippen LogP contribution in [0.25, 0.3) is 0 Å². The van der Waals surface area contributed by atoms with Crippen LogP contribution in [0.2, 0.25) is 0 Å². The molecule has 13 heavy (non-hydrogen) atoms. The van der Waals surface area contributed by atoms with E-state index < -0.39 is 0 Å². The van der Waals surface area contributed by atoms with Gasteiger partial charge in [-0.05, 0) is 18.6 Å². The van der Waals surface area contributed by atoms with Crippen molar-refractivity contribution in [3.8, 4) is 0 Å². The van der Waals surface area contributed by atoms with Crippen molar-refractivity contribution < 1.29 is 9.53 Å². The molecule has 0 bridgehead atoms. The van der Waals surface area contributed by atoms with Crippen molar-refractivity contribution in [3.63, 3.8) is 0 Å². The van der Waals surface area contributed by atoms with Gasteiger partial charge in [-0.15, -0.1) is 0 Å². The molecule has 1 N–H and O–H groups in total. The van der Waals surface area contributed by atoms with E-state index in [0.717, 1.165) is 13.0 Å². The number of methoxy groups -OCH3 is 1. The Morgan fingerprint density at radius 1 is 1.46 bits per heavy atom. The number of carbonyl (C=O) groups is 1. The van der Waals surface area contributed by atoms with Crippen LogP contribution in [0.4, 0.5) is 4.79 Å². The summed E-state index contributed by atoms with van der Waals surface area (Å²) in [6.45, 7) is 1.56. The monoisotopic (exact) mass is 182 g/mol. The highest BCUT2D eigenvalue weighted by atomic mass is 16.5. The first-order valence-corrected chi connectivity index (χ1v) is 4.25. The van der Waals surface area contributed by atoms with E-state index in [1.807, 2.05) is 24.5 Å². The minimum atomic E-state index is -0.368. The molecular formula is C9H14N2O2. The minimum absolute atomic E-state index is 0.368. The molecule has 0 fully saturated rings. The highest BCUT2D eigenvalue weighted by Gasteiger charge is 1.95. The molecule has 0 aliphatic carbocycles. The van der Waals surface area contributed by atoms with Gasteiger partial charge in [0.15, 0.2) is 0 Å². The van der Waals surface area contributed by atoms with Gasteiger partial charge >= 0.3 is 6.09 Å². The molecule has 0 saturated carbocycles. The number of aromatic nitrogens is 1. The third-order valence-corrected chi connectivity index (χ3v) is 1.71. The normalized spacial score (nSPS) is 9.62. The number of alkyl carbamates (subject to hydrolysis) is 1. The number of amides is 1. The van der Waals surface area contributed by atoms with Gasteiger partial charge in [-0.1, -0.05) is 0 Å². The number of aryl methyl sites for hydroxylation is 1. The Kier molecular flexibility index (Phi) is 3.88. The van der Waals surface area contributed by atoms with Crippen LogP contribution in [-0.4, -0.2) is 24.3 Å². The quantitative estimate of drug-likeness (QED) is 0.712. The topological polar surface area (TPSA) is 43.3 Å². The van der Waals surface area contributed by atoms with Gasteiger partial charge in [-0.2, -0.15) is 0 Å². The molecule has 0 aromatic carbocycles. The van der Waals surface area contributed by atoms with Gasteiger partial charge in [0.05, 0.1) is 7.11 Å². The summed E-state index contributed by atoms with van der Waals surface area (Å²) in [5, 5.41) is 2.62. The van der Waals surface area contributed by atoms with Crippen molar-refractivity contribution in [2.45, 2.75) is 13.0 Å². The second kappa shape index (κ2) is 5.24. The Bertz CT molecular complexity index is 244. The maximum absolute atomic E-state index is 10.6. The lowest BCUT2D eigenvalue weighted by atomic mass is 10.4. The summed E-state index contributed by atoms with van der Waals surface area (Å²) in [6.07, 6.45) is 4.53. The molecule has 0 atom stereocenters. The first kappa shape index (κ1) is 9.64. The Morgan fingerprint density at radius 3 is 2.77 bits per heavy atom. The zero-order chi connectivity index (χ0) is 9.52. The van der Waals surface area contributed by atoms with Crippen LogP contribution in [0.1, 0.15) is 6.42 Å². The number of carbonyl (C=O) groups excluding carboxylic acids is 1. The standard InChI is InChI=1S/C9H14N2O2/c1-13-9(12)10-5-4-8-11-6-2-3-7-11/h2-3,6-7H,4-5,8H2,1H3,(H,10,12). The van der Waals surface area contributed by atoms with Crippen molar-refractivity contribution in [2.75, 3.05) is 13.7 Å². The van der Waals surface area contributed by atoms with E-state index >= 15 is 0 Å². The lowest BCUT2D eigenvalue weighted by Gasteiger charge is -2.04. The number of rotatable bonds is 4. The molecule has 1 aromatic rings. The van der Waals surface area contributed by atoms with Gasteiger partial charge in [0.25, 0.3) is 0 Å². The third kappa shape index (κ3) is 3.64. The van der Waals surface area contributed by atoms with Crippen LogP contribution in [0.15, 0.2) is 24.5 Å². The number of nitrogens with zero attached hydrogens (tertiary/aromatic N) is 1. The second-order valence-electron chi connectivity index (χ2n) is 2.69. The van der Waals surface area contributed by atoms with Crippen molar-refractivity contribution in [1.29, 1.82) is 0 Å². The summed E-state index contributed by atoms with van der Waals surface area (Å²) in [6, 6.07) is 3.96. The fourth-order valence-corrected chi connectivity index (χ4v) is 1.04. The predicted molar refractivity (Wildman–Crippen MR) is 49.5 cm³/mol. The van der Waals surface area contributed by atoms with Crippen molar-refractivity contribution in [1.82, 2.24) is 9.88 Å². The smallest absolute Gasteiger partial charge is 0.406 e. The molecule has 1 aromatic heterocycles. The molecular weight excluding hydrogens is 168 g/mol. The number of hydrogen-bond donors (Lipinski definition) is 1. The Morgan fingerprint density at radius 2 is 2.15 bits per heavy atom. The van der Waals surface area contributed by atoms with E-state index in [1.54, 1.807) is 0 Å². The van der Waals surface area contributed by atoms with Gasteiger partial charge < -0.3 is 14.6 Å². The summed E-state index contributed by atoms with van der Waals surface area (Å²) >= 11 is 0. The summed E-state index contributed by atoms with van der Waals surface area (Å²) in [4.78, 5) is 10.6. The molecule has 72 valence electrons. The van der Waals surface area contributed by atoms with Gasteiger partial charge in [0.2, 0.25) is 0 Å². The van der Waals surface area contributed by atoms with Gasteiger partial charge in [0.1, 0.15) is 0 Å². The fraction of sp³-hybridized carbons (Fsp3) is 0.444. The van der Waals surface area contributed by atoms with Crippen LogP contribution in [-0.2, 0) is 11.3 Å². The van der Waals surface area contributed by atoms with E-state index in [1.165, 1.54) is 7.11 Å². The van der Waals surface area contributed by atoms with Crippen LogP contribution >= 0.6 is 0 Å². The van der Waals surface area contributed by atoms with Crippen LogP contribution in [0.5, 0.6) is 0 Å². The summed E-state index contributed by atoms with van der Waals surface area (Å²) in [7, 11) is 1.36. The second-order valence-corrected chi connectivity index (χ2v) is 2.69. The molecule has 0 saturated heterocycles. The number of hydrogen-bond acceptors (Lipinski definition) is 2. The van der Waals surface area contributed by atoms with Crippen molar-refractivity contribution in [2.24, 2.45) is 0 Å². The molecule has 1 heterocycles. The number of nitrogens with one attached hydrogen (secondary N) is 1. The first-order chi connectivity index (χ1) is 6.33. The lowest BCUT2D eigenvalue weighted by molar-refractivity contribution is 0.171.